The molecule has 0 aromatic heterocycles. The number of halogens is 1. The van der Waals surface area contributed by atoms with Gasteiger partial charge in [0.05, 0.1) is 11.2 Å². The van der Waals surface area contributed by atoms with Crippen LogP contribution in [-0.4, -0.2) is 34.9 Å². The SMILES string of the molecule is O=C(N/C=C(/C(=O)N1CCC(O)(c2ccc(Br)cc2)CC1)c1ccccc1)c1ccccc1. The van der Waals surface area contributed by atoms with E-state index in [2.05, 4.69) is 21.2 Å². The minimum atomic E-state index is -0.963. The van der Waals surface area contributed by atoms with Crippen LogP contribution in [0.4, 0.5) is 0 Å². The first-order chi connectivity index (χ1) is 16.0. The molecule has 0 spiro atoms. The van der Waals surface area contributed by atoms with Gasteiger partial charge in [0.2, 0.25) is 0 Å². The van der Waals surface area contributed by atoms with E-state index in [0.717, 1.165) is 15.6 Å². The summed E-state index contributed by atoms with van der Waals surface area (Å²) in [5.41, 5.74) is 1.55. The molecule has 2 N–H and O–H groups in total. The highest BCUT2D eigenvalue weighted by Gasteiger charge is 2.36. The zero-order chi connectivity index (χ0) is 23.3. The Labute approximate surface area is 201 Å². The van der Waals surface area contributed by atoms with Crippen LogP contribution < -0.4 is 5.32 Å². The van der Waals surface area contributed by atoms with Gasteiger partial charge in [-0.2, -0.15) is 0 Å². The third-order valence-electron chi connectivity index (χ3n) is 5.96. The predicted molar refractivity (Wildman–Crippen MR) is 132 cm³/mol. The predicted octanol–water partition coefficient (Wildman–Crippen LogP) is 4.73. The quantitative estimate of drug-likeness (QED) is 0.493. The summed E-state index contributed by atoms with van der Waals surface area (Å²) in [4.78, 5) is 27.7. The molecule has 0 saturated carbocycles. The first kappa shape index (κ1) is 23.0. The van der Waals surface area contributed by atoms with Crippen molar-refractivity contribution >= 4 is 33.3 Å². The maximum atomic E-state index is 13.5. The average Bonchev–Trinajstić information content (AvgIpc) is 2.86. The number of carbonyl (C=O) groups excluding carboxylic acids is 2. The molecular formula is C27H25BrN2O3. The number of nitrogens with zero attached hydrogens (tertiary/aromatic N) is 1. The van der Waals surface area contributed by atoms with Crippen LogP contribution in [-0.2, 0) is 10.4 Å². The first-order valence-electron chi connectivity index (χ1n) is 10.9. The van der Waals surface area contributed by atoms with Crippen LogP contribution >= 0.6 is 15.9 Å². The number of likely N-dealkylation sites (tertiary alicyclic amines) is 1. The second-order valence-electron chi connectivity index (χ2n) is 8.09. The molecule has 0 aliphatic carbocycles. The third kappa shape index (κ3) is 5.41. The van der Waals surface area contributed by atoms with E-state index in [4.69, 9.17) is 0 Å². The number of hydrogen-bond donors (Lipinski definition) is 2. The van der Waals surface area contributed by atoms with Crippen LogP contribution in [0.5, 0.6) is 0 Å². The molecule has 0 atom stereocenters. The van der Waals surface area contributed by atoms with Gasteiger partial charge in [0, 0.05) is 29.3 Å². The molecule has 0 radical (unpaired) electrons. The lowest BCUT2D eigenvalue weighted by Crippen LogP contribution is -2.45. The van der Waals surface area contributed by atoms with E-state index in [1.807, 2.05) is 60.7 Å². The summed E-state index contributed by atoms with van der Waals surface area (Å²) in [6.45, 7) is 0.838. The van der Waals surface area contributed by atoms with Crippen molar-refractivity contribution in [1.82, 2.24) is 10.2 Å². The van der Waals surface area contributed by atoms with Gasteiger partial charge in [-0.15, -0.1) is 0 Å². The van der Waals surface area contributed by atoms with Gasteiger partial charge in [0.15, 0.2) is 0 Å². The van der Waals surface area contributed by atoms with E-state index in [0.29, 0.717) is 37.1 Å². The Kier molecular flexibility index (Phi) is 7.06. The standard InChI is InChI=1S/C27H25BrN2O3/c28-23-13-11-22(12-14-23)27(33)15-17-30(18-16-27)26(32)24(20-7-3-1-4-8-20)19-29-25(31)21-9-5-2-6-10-21/h1-14,19,33H,15-18H2,(H,29,31)/b24-19+. The molecule has 1 fully saturated rings. The topological polar surface area (TPSA) is 69.6 Å². The lowest BCUT2D eigenvalue weighted by atomic mass is 9.84. The molecule has 168 valence electrons. The molecule has 1 heterocycles. The van der Waals surface area contributed by atoms with Gasteiger partial charge in [-0.1, -0.05) is 76.6 Å². The molecule has 33 heavy (non-hydrogen) atoms. The van der Waals surface area contributed by atoms with Gasteiger partial charge in [-0.3, -0.25) is 9.59 Å². The Balaban J connectivity index is 1.51. The molecule has 1 aliphatic heterocycles. The Hall–Kier alpha value is -3.22. The van der Waals surface area contributed by atoms with Gasteiger partial charge in [0.25, 0.3) is 11.8 Å². The molecule has 0 unspecified atom stereocenters. The molecule has 1 saturated heterocycles. The summed E-state index contributed by atoms with van der Waals surface area (Å²) in [7, 11) is 0. The average molecular weight is 505 g/mol. The molecule has 3 aromatic rings. The highest BCUT2D eigenvalue weighted by molar-refractivity contribution is 9.10. The zero-order valence-corrected chi connectivity index (χ0v) is 19.7. The van der Waals surface area contributed by atoms with Gasteiger partial charge in [-0.25, -0.2) is 0 Å². The van der Waals surface area contributed by atoms with E-state index in [-0.39, 0.29) is 11.8 Å². The van der Waals surface area contributed by atoms with E-state index in [9.17, 15) is 14.7 Å². The van der Waals surface area contributed by atoms with Crippen molar-refractivity contribution in [3.8, 4) is 0 Å². The van der Waals surface area contributed by atoms with E-state index in [1.54, 1.807) is 29.2 Å². The highest BCUT2D eigenvalue weighted by Crippen LogP contribution is 2.34. The van der Waals surface area contributed by atoms with E-state index < -0.39 is 5.60 Å². The van der Waals surface area contributed by atoms with Crippen molar-refractivity contribution in [2.75, 3.05) is 13.1 Å². The fourth-order valence-electron chi connectivity index (χ4n) is 4.00. The largest absolute Gasteiger partial charge is 0.385 e. The van der Waals surface area contributed by atoms with Crippen LogP contribution in [0.25, 0.3) is 5.57 Å². The number of nitrogens with one attached hydrogen (secondary N) is 1. The molecule has 6 heteroatoms. The summed E-state index contributed by atoms with van der Waals surface area (Å²) in [5, 5.41) is 13.9. The maximum Gasteiger partial charge on any atom is 0.255 e. The number of piperidine rings is 1. The second kappa shape index (κ2) is 10.1. The lowest BCUT2D eigenvalue weighted by Gasteiger charge is -2.39. The number of amides is 2. The molecule has 1 aliphatic rings. The lowest BCUT2D eigenvalue weighted by molar-refractivity contribution is -0.129. The van der Waals surface area contributed by atoms with E-state index in [1.165, 1.54) is 6.20 Å². The third-order valence-corrected chi connectivity index (χ3v) is 6.49. The number of benzene rings is 3. The molecule has 3 aromatic carbocycles. The Morgan fingerprint density at radius 1 is 0.848 bits per heavy atom. The highest BCUT2D eigenvalue weighted by atomic mass is 79.9. The van der Waals surface area contributed by atoms with Crippen molar-refractivity contribution in [2.45, 2.75) is 18.4 Å². The summed E-state index contributed by atoms with van der Waals surface area (Å²) < 4.78 is 0.956. The van der Waals surface area contributed by atoms with Crippen LogP contribution in [0, 0.1) is 0 Å². The monoisotopic (exact) mass is 504 g/mol. The summed E-state index contributed by atoms with van der Waals surface area (Å²) in [6, 6.07) is 25.8. The van der Waals surface area contributed by atoms with Gasteiger partial charge in [0.1, 0.15) is 0 Å². The number of hydrogen-bond acceptors (Lipinski definition) is 3. The first-order valence-corrected chi connectivity index (χ1v) is 11.6. The Bertz CT molecular complexity index is 1140. The van der Waals surface area contributed by atoms with Crippen molar-refractivity contribution in [1.29, 1.82) is 0 Å². The molecule has 2 amide bonds. The van der Waals surface area contributed by atoms with E-state index >= 15 is 0 Å². The fourth-order valence-corrected chi connectivity index (χ4v) is 4.26. The van der Waals surface area contributed by atoms with Crippen LogP contribution in [0.3, 0.4) is 0 Å². The zero-order valence-electron chi connectivity index (χ0n) is 18.1. The minimum Gasteiger partial charge on any atom is -0.385 e. The fraction of sp³-hybridized carbons (Fsp3) is 0.185. The van der Waals surface area contributed by atoms with Gasteiger partial charge in [-0.05, 0) is 48.2 Å². The summed E-state index contributed by atoms with van der Waals surface area (Å²) >= 11 is 3.42. The summed E-state index contributed by atoms with van der Waals surface area (Å²) in [6.07, 6.45) is 2.38. The van der Waals surface area contributed by atoms with Gasteiger partial charge < -0.3 is 15.3 Å². The molecule has 4 rings (SSSR count). The Morgan fingerprint density at radius 3 is 1.97 bits per heavy atom. The van der Waals surface area contributed by atoms with Crippen LogP contribution in [0.1, 0.15) is 34.3 Å². The normalized spacial score (nSPS) is 15.7. The van der Waals surface area contributed by atoms with Crippen molar-refractivity contribution < 1.29 is 14.7 Å². The minimum absolute atomic E-state index is 0.174. The summed E-state index contributed by atoms with van der Waals surface area (Å²) in [5.74, 6) is -0.451. The smallest absolute Gasteiger partial charge is 0.255 e. The second-order valence-corrected chi connectivity index (χ2v) is 9.01. The van der Waals surface area contributed by atoms with Crippen molar-refractivity contribution in [3.05, 3.63) is 112 Å². The number of aliphatic hydroxyl groups is 1. The molecular weight excluding hydrogens is 480 g/mol. The maximum absolute atomic E-state index is 13.5. The number of rotatable bonds is 5. The molecule has 5 nitrogen and oxygen atoms in total. The van der Waals surface area contributed by atoms with Crippen molar-refractivity contribution in [3.63, 3.8) is 0 Å². The van der Waals surface area contributed by atoms with Crippen LogP contribution in [0.15, 0.2) is 95.6 Å². The van der Waals surface area contributed by atoms with Gasteiger partial charge >= 0.3 is 0 Å². The number of carbonyl (C=O) groups is 2. The van der Waals surface area contributed by atoms with Crippen LogP contribution in [0.2, 0.25) is 0 Å². The Morgan fingerprint density at radius 2 is 1.39 bits per heavy atom. The van der Waals surface area contributed by atoms with Crippen molar-refractivity contribution in [2.24, 2.45) is 0 Å². The molecule has 0 bridgehead atoms.